The molecule has 2 aromatic rings. The number of para-hydroxylation sites is 1. The average molecular weight is 373 g/mol. The maximum atomic E-state index is 10.7. The van der Waals surface area contributed by atoms with Gasteiger partial charge in [0.25, 0.3) is 0 Å². The summed E-state index contributed by atoms with van der Waals surface area (Å²) in [6.07, 6.45) is 3.49. The molecule has 3 N–H and O–H groups in total. The zero-order valence-electron chi connectivity index (χ0n) is 17.0. The number of nitrogens with one attached hydrogen (secondary N) is 2. The highest BCUT2D eigenvalue weighted by Gasteiger charge is 2.24. The van der Waals surface area contributed by atoms with Crippen LogP contribution in [0.15, 0.2) is 47.7 Å². The lowest BCUT2D eigenvalue weighted by molar-refractivity contribution is 0.0672. The van der Waals surface area contributed by atoms with Gasteiger partial charge in [0.05, 0.1) is 12.7 Å². The maximum absolute atomic E-state index is 10.7. The van der Waals surface area contributed by atoms with Gasteiger partial charge in [0.1, 0.15) is 5.60 Å². The van der Waals surface area contributed by atoms with Crippen molar-refractivity contribution in [1.82, 2.24) is 20.4 Å². The van der Waals surface area contributed by atoms with Crippen LogP contribution in [0.2, 0.25) is 0 Å². The summed E-state index contributed by atoms with van der Waals surface area (Å²) < 4.78 is 1.68. The Bertz CT molecular complexity index is 725. The van der Waals surface area contributed by atoms with E-state index in [0.717, 1.165) is 18.7 Å². The smallest absolute Gasteiger partial charge is 0.191 e. The molecule has 1 heterocycles. The first kappa shape index (κ1) is 20.8. The monoisotopic (exact) mass is 372 g/mol. The number of rotatable bonds is 8. The summed E-state index contributed by atoms with van der Waals surface area (Å²) in [5.41, 5.74) is 0.860. The van der Waals surface area contributed by atoms with Gasteiger partial charge in [0, 0.05) is 50.7 Å². The number of likely N-dealkylation sites (N-methyl/N-ethyl adjacent to an activating group) is 1. The highest BCUT2D eigenvalue weighted by Crippen LogP contribution is 2.20. The summed E-state index contributed by atoms with van der Waals surface area (Å²) in [4.78, 5) is 6.79. The van der Waals surface area contributed by atoms with Crippen LogP contribution in [-0.4, -0.2) is 53.6 Å². The third kappa shape index (κ3) is 5.99. The Balaban J connectivity index is 1.97. The normalized spacial score (nSPS) is 15.1. The number of aliphatic hydroxyl groups is 1. The van der Waals surface area contributed by atoms with E-state index < -0.39 is 5.60 Å². The minimum absolute atomic E-state index is 0.247. The quantitative estimate of drug-likeness (QED) is 0.486. The van der Waals surface area contributed by atoms with E-state index in [1.165, 1.54) is 5.69 Å². The van der Waals surface area contributed by atoms with Gasteiger partial charge in [-0.2, -0.15) is 5.10 Å². The van der Waals surface area contributed by atoms with E-state index in [2.05, 4.69) is 51.7 Å². The van der Waals surface area contributed by atoms with Crippen molar-refractivity contribution in [1.29, 1.82) is 0 Å². The van der Waals surface area contributed by atoms with Crippen molar-refractivity contribution in [2.45, 2.75) is 32.4 Å². The van der Waals surface area contributed by atoms with Gasteiger partial charge in [-0.15, -0.1) is 0 Å². The molecular formula is C20H32N6O. The van der Waals surface area contributed by atoms with E-state index in [4.69, 9.17) is 0 Å². The molecule has 0 aliphatic heterocycles. The molecule has 0 saturated carbocycles. The van der Waals surface area contributed by atoms with Crippen molar-refractivity contribution in [3.63, 3.8) is 0 Å². The second-order valence-corrected chi connectivity index (χ2v) is 7.05. The zero-order valence-corrected chi connectivity index (χ0v) is 17.0. The fourth-order valence-corrected chi connectivity index (χ4v) is 2.66. The fraction of sp³-hybridized carbons (Fsp3) is 0.500. The number of benzene rings is 1. The largest absolute Gasteiger partial charge is 0.383 e. The van der Waals surface area contributed by atoms with Crippen LogP contribution in [-0.2, 0) is 12.6 Å². The lowest BCUT2D eigenvalue weighted by atomic mass is 10.0. The Morgan fingerprint density at radius 3 is 2.63 bits per heavy atom. The summed E-state index contributed by atoms with van der Waals surface area (Å²) in [7, 11) is 3.91. The Morgan fingerprint density at radius 1 is 1.33 bits per heavy atom. The summed E-state index contributed by atoms with van der Waals surface area (Å²) in [5, 5.41) is 21.4. The van der Waals surface area contributed by atoms with Gasteiger partial charge in [-0.25, -0.2) is 4.99 Å². The molecule has 0 spiro atoms. The molecule has 0 aliphatic carbocycles. The SMILES string of the molecule is CCNC(=NCC(C)(O)c1cnn(C)c1)NCC(C)N(C)c1ccccc1. The third-order valence-corrected chi connectivity index (χ3v) is 4.61. The number of nitrogens with zero attached hydrogens (tertiary/aromatic N) is 4. The molecule has 27 heavy (non-hydrogen) atoms. The predicted octanol–water partition coefficient (Wildman–Crippen LogP) is 1.71. The van der Waals surface area contributed by atoms with Gasteiger partial charge in [0.15, 0.2) is 5.96 Å². The molecule has 0 radical (unpaired) electrons. The second-order valence-electron chi connectivity index (χ2n) is 7.05. The van der Waals surface area contributed by atoms with E-state index in [1.807, 2.05) is 38.4 Å². The Morgan fingerprint density at radius 2 is 2.04 bits per heavy atom. The van der Waals surface area contributed by atoms with Gasteiger partial charge in [0.2, 0.25) is 0 Å². The van der Waals surface area contributed by atoms with Crippen LogP contribution in [0.3, 0.4) is 0 Å². The lowest BCUT2D eigenvalue weighted by Crippen LogP contribution is -2.45. The van der Waals surface area contributed by atoms with E-state index in [-0.39, 0.29) is 12.6 Å². The molecule has 148 valence electrons. The molecule has 1 aromatic carbocycles. The van der Waals surface area contributed by atoms with Gasteiger partial charge in [-0.05, 0) is 32.9 Å². The van der Waals surface area contributed by atoms with Crippen LogP contribution in [0.1, 0.15) is 26.3 Å². The molecule has 0 fully saturated rings. The van der Waals surface area contributed by atoms with Crippen LogP contribution in [0.5, 0.6) is 0 Å². The minimum Gasteiger partial charge on any atom is -0.383 e. The predicted molar refractivity (Wildman–Crippen MR) is 111 cm³/mol. The van der Waals surface area contributed by atoms with Crippen molar-refractivity contribution >= 4 is 11.6 Å². The molecule has 0 saturated heterocycles. The summed E-state index contributed by atoms with van der Waals surface area (Å²) >= 11 is 0. The number of aromatic nitrogens is 2. The lowest BCUT2D eigenvalue weighted by Gasteiger charge is -2.28. The summed E-state index contributed by atoms with van der Waals surface area (Å²) in [6, 6.07) is 10.6. The van der Waals surface area contributed by atoms with E-state index in [0.29, 0.717) is 5.96 Å². The van der Waals surface area contributed by atoms with Crippen molar-refractivity contribution in [3.05, 3.63) is 48.3 Å². The van der Waals surface area contributed by atoms with Crippen LogP contribution in [0.4, 0.5) is 5.69 Å². The first-order chi connectivity index (χ1) is 12.8. The summed E-state index contributed by atoms with van der Waals surface area (Å²) in [5.74, 6) is 0.690. The second kappa shape index (κ2) is 9.41. The van der Waals surface area contributed by atoms with Crippen molar-refractivity contribution in [2.75, 3.05) is 31.6 Å². The van der Waals surface area contributed by atoms with Crippen LogP contribution in [0, 0.1) is 0 Å². The van der Waals surface area contributed by atoms with Crippen molar-refractivity contribution in [3.8, 4) is 0 Å². The Hall–Kier alpha value is -2.54. The molecule has 2 rings (SSSR count). The first-order valence-electron chi connectivity index (χ1n) is 9.35. The van der Waals surface area contributed by atoms with Crippen LogP contribution >= 0.6 is 0 Å². The molecule has 2 atom stereocenters. The first-order valence-corrected chi connectivity index (χ1v) is 9.35. The highest BCUT2D eigenvalue weighted by molar-refractivity contribution is 5.79. The van der Waals surface area contributed by atoms with Crippen molar-refractivity contribution < 1.29 is 5.11 Å². The summed E-state index contributed by atoms with van der Waals surface area (Å²) in [6.45, 7) is 7.67. The maximum Gasteiger partial charge on any atom is 0.191 e. The van der Waals surface area contributed by atoms with Crippen LogP contribution in [0.25, 0.3) is 0 Å². The van der Waals surface area contributed by atoms with E-state index in [9.17, 15) is 5.11 Å². The zero-order chi connectivity index (χ0) is 19.9. The standard InChI is InChI=1S/C20H32N6O/c1-6-21-19(23-15-20(3,27)17-13-24-25(4)14-17)22-12-16(2)26(5)18-10-8-7-9-11-18/h7-11,13-14,16,27H,6,12,15H2,1-5H3,(H2,21,22,23). The molecule has 1 aromatic heterocycles. The van der Waals surface area contributed by atoms with Gasteiger partial charge >= 0.3 is 0 Å². The molecule has 0 aliphatic rings. The topological polar surface area (TPSA) is 77.7 Å². The van der Waals surface area contributed by atoms with Gasteiger partial charge in [-0.1, -0.05) is 18.2 Å². The molecule has 7 heteroatoms. The number of aliphatic imine (C=N–C) groups is 1. The fourth-order valence-electron chi connectivity index (χ4n) is 2.66. The van der Waals surface area contributed by atoms with Crippen molar-refractivity contribution in [2.24, 2.45) is 12.0 Å². The number of anilines is 1. The molecule has 2 unspecified atom stereocenters. The number of aryl methyl sites for hydroxylation is 1. The highest BCUT2D eigenvalue weighted by atomic mass is 16.3. The average Bonchev–Trinajstić information content (AvgIpc) is 3.11. The van der Waals surface area contributed by atoms with E-state index in [1.54, 1.807) is 17.8 Å². The molecule has 7 nitrogen and oxygen atoms in total. The number of guanidine groups is 1. The van der Waals surface area contributed by atoms with Gasteiger partial charge < -0.3 is 20.6 Å². The van der Waals surface area contributed by atoms with Gasteiger partial charge in [-0.3, -0.25) is 4.68 Å². The van der Waals surface area contributed by atoms with E-state index >= 15 is 0 Å². The Labute approximate surface area is 162 Å². The number of hydrogen-bond acceptors (Lipinski definition) is 4. The molecule has 0 bridgehead atoms. The third-order valence-electron chi connectivity index (χ3n) is 4.61. The van der Waals surface area contributed by atoms with Crippen LogP contribution < -0.4 is 15.5 Å². The minimum atomic E-state index is -1.07. The molecule has 0 amide bonds. The Kier molecular flexibility index (Phi) is 7.24. The number of hydrogen-bond donors (Lipinski definition) is 3. The molecular weight excluding hydrogens is 340 g/mol.